The number of nitrogens with one attached hydrogen (secondary N) is 1. The molecule has 2 heterocycles. The zero-order chi connectivity index (χ0) is 14.1. The van der Waals surface area contributed by atoms with Crippen LogP contribution < -0.4 is 17.0 Å². The van der Waals surface area contributed by atoms with Gasteiger partial charge in [-0.1, -0.05) is 18.2 Å². The number of rotatable bonds is 3. The second-order valence-corrected chi connectivity index (χ2v) is 4.71. The first-order valence-corrected chi connectivity index (χ1v) is 6.36. The maximum Gasteiger partial charge on any atom is 0.134 e. The molecule has 5 N–H and O–H groups in total. The van der Waals surface area contributed by atoms with Crippen molar-refractivity contribution < 1.29 is 4.42 Å². The molecule has 2 aromatic heterocycles. The SMILES string of the molecule is Cc1ccnc(N)c1C(NN)c1cc2ccccc2o1. The number of fused-ring (bicyclic) bond motifs is 1. The lowest BCUT2D eigenvalue weighted by Crippen LogP contribution is -2.30. The predicted octanol–water partition coefficient (Wildman–Crippen LogP) is 2.27. The Kier molecular flexibility index (Phi) is 3.14. The van der Waals surface area contributed by atoms with Crippen molar-refractivity contribution in [1.82, 2.24) is 10.4 Å². The summed E-state index contributed by atoms with van der Waals surface area (Å²) in [6.45, 7) is 1.97. The van der Waals surface area contributed by atoms with E-state index >= 15 is 0 Å². The van der Waals surface area contributed by atoms with Crippen LogP contribution in [0.5, 0.6) is 0 Å². The van der Waals surface area contributed by atoms with E-state index in [0.29, 0.717) is 5.82 Å². The minimum Gasteiger partial charge on any atom is -0.459 e. The van der Waals surface area contributed by atoms with Crippen molar-refractivity contribution in [3.05, 3.63) is 59.5 Å². The number of hydrazine groups is 1. The molecule has 0 fully saturated rings. The molecule has 1 aromatic carbocycles. The van der Waals surface area contributed by atoms with E-state index in [0.717, 1.165) is 27.9 Å². The fourth-order valence-electron chi connectivity index (χ4n) is 2.42. The van der Waals surface area contributed by atoms with Gasteiger partial charge in [0.1, 0.15) is 23.2 Å². The highest BCUT2D eigenvalue weighted by Crippen LogP contribution is 2.31. The van der Waals surface area contributed by atoms with E-state index in [4.69, 9.17) is 16.0 Å². The summed E-state index contributed by atoms with van der Waals surface area (Å²) in [7, 11) is 0. The standard InChI is InChI=1S/C15H16N4O/c1-9-6-7-18-15(16)13(9)14(19-17)12-8-10-4-2-3-5-11(10)20-12/h2-8,14,19H,17H2,1H3,(H2,16,18). The van der Waals surface area contributed by atoms with Crippen LogP contribution in [0.2, 0.25) is 0 Å². The molecule has 3 rings (SSSR count). The number of benzene rings is 1. The van der Waals surface area contributed by atoms with E-state index in [9.17, 15) is 0 Å². The molecule has 20 heavy (non-hydrogen) atoms. The largest absolute Gasteiger partial charge is 0.459 e. The Bertz CT molecular complexity index is 697. The van der Waals surface area contributed by atoms with Gasteiger partial charge in [0.15, 0.2) is 0 Å². The molecule has 5 nitrogen and oxygen atoms in total. The average molecular weight is 268 g/mol. The number of aryl methyl sites for hydroxylation is 1. The lowest BCUT2D eigenvalue weighted by atomic mass is 10.0. The number of nitrogens with zero attached hydrogens (tertiary/aromatic N) is 1. The number of hydrogen-bond donors (Lipinski definition) is 3. The molecule has 0 amide bonds. The molecule has 0 aliphatic carbocycles. The number of hydrogen-bond acceptors (Lipinski definition) is 5. The molecule has 0 bridgehead atoms. The van der Waals surface area contributed by atoms with Gasteiger partial charge in [-0.05, 0) is 30.7 Å². The summed E-state index contributed by atoms with van der Waals surface area (Å²) in [4.78, 5) is 4.13. The van der Waals surface area contributed by atoms with Crippen molar-refractivity contribution in [3.8, 4) is 0 Å². The van der Waals surface area contributed by atoms with Crippen molar-refractivity contribution in [2.24, 2.45) is 5.84 Å². The first kappa shape index (κ1) is 12.7. The van der Waals surface area contributed by atoms with E-state index < -0.39 is 0 Å². The monoisotopic (exact) mass is 268 g/mol. The Morgan fingerprint density at radius 3 is 2.75 bits per heavy atom. The molecule has 1 unspecified atom stereocenters. The zero-order valence-corrected chi connectivity index (χ0v) is 11.1. The summed E-state index contributed by atoms with van der Waals surface area (Å²) < 4.78 is 5.86. The first-order chi connectivity index (χ1) is 9.70. The van der Waals surface area contributed by atoms with Crippen LogP contribution in [0, 0.1) is 6.92 Å². The second-order valence-electron chi connectivity index (χ2n) is 4.71. The minimum absolute atomic E-state index is 0.323. The summed E-state index contributed by atoms with van der Waals surface area (Å²) in [5.41, 5.74) is 11.4. The van der Waals surface area contributed by atoms with Crippen molar-refractivity contribution in [2.45, 2.75) is 13.0 Å². The molecule has 0 saturated carbocycles. The van der Waals surface area contributed by atoms with E-state index in [1.54, 1.807) is 6.20 Å². The Labute approximate surface area is 116 Å². The molecule has 0 aliphatic rings. The number of anilines is 1. The normalized spacial score (nSPS) is 12.7. The summed E-state index contributed by atoms with van der Waals surface area (Å²) in [6, 6.07) is 11.4. The molecule has 0 radical (unpaired) electrons. The van der Waals surface area contributed by atoms with Crippen LogP contribution in [-0.4, -0.2) is 4.98 Å². The molecule has 0 spiro atoms. The highest BCUT2D eigenvalue weighted by atomic mass is 16.3. The number of nitrogen functional groups attached to an aromatic ring is 1. The number of aromatic nitrogens is 1. The lowest BCUT2D eigenvalue weighted by molar-refractivity contribution is 0.476. The highest BCUT2D eigenvalue weighted by molar-refractivity contribution is 5.78. The van der Waals surface area contributed by atoms with Crippen molar-refractivity contribution in [1.29, 1.82) is 0 Å². The molecule has 5 heteroatoms. The Hall–Kier alpha value is -2.37. The number of para-hydroxylation sites is 1. The van der Waals surface area contributed by atoms with Crippen LogP contribution in [0.4, 0.5) is 5.82 Å². The molecule has 0 saturated heterocycles. The van der Waals surface area contributed by atoms with Gasteiger partial charge in [0.2, 0.25) is 0 Å². The van der Waals surface area contributed by atoms with Gasteiger partial charge >= 0.3 is 0 Å². The molecular weight excluding hydrogens is 252 g/mol. The molecular formula is C15H16N4O. The summed E-state index contributed by atoms with van der Waals surface area (Å²) >= 11 is 0. The topological polar surface area (TPSA) is 90.1 Å². The summed E-state index contributed by atoms with van der Waals surface area (Å²) in [5, 5.41) is 1.03. The van der Waals surface area contributed by atoms with Crippen LogP contribution in [0.15, 0.2) is 47.0 Å². The Balaban J connectivity index is 2.14. The summed E-state index contributed by atoms with van der Waals surface area (Å²) in [6.07, 6.45) is 1.68. The van der Waals surface area contributed by atoms with Gasteiger partial charge in [0, 0.05) is 17.1 Å². The Morgan fingerprint density at radius 2 is 2.05 bits per heavy atom. The van der Waals surface area contributed by atoms with E-state index in [2.05, 4.69) is 10.4 Å². The van der Waals surface area contributed by atoms with Crippen LogP contribution in [0.3, 0.4) is 0 Å². The molecule has 1 atom stereocenters. The van der Waals surface area contributed by atoms with Gasteiger partial charge < -0.3 is 10.2 Å². The van der Waals surface area contributed by atoms with Gasteiger partial charge in [0.05, 0.1) is 0 Å². The van der Waals surface area contributed by atoms with E-state index in [1.807, 2.05) is 43.3 Å². The van der Waals surface area contributed by atoms with E-state index in [-0.39, 0.29) is 6.04 Å². The van der Waals surface area contributed by atoms with Gasteiger partial charge in [-0.15, -0.1) is 0 Å². The van der Waals surface area contributed by atoms with Crippen molar-refractivity contribution >= 4 is 16.8 Å². The Morgan fingerprint density at radius 1 is 1.25 bits per heavy atom. The quantitative estimate of drug-likeness (QED) is 0.501. The first-order valence-electron chi connectivity index (χ1n) is 6.36. The van der Waals surface area contributed by atoms with Crippen LogP contribution in [-0.2, 0) is 0 Å². The van der Waals surface area contributed by atoms with Crippen LogP contribution >= 0.6 is 0 Å². The third-order valence-corrected chi connectivity index (χ3v) is 3.42. The van der Waals surface area contributed by atoms with Gasteiger partial charge in [-0.2, -0.15) is 0 Å². The fraction of sp³-hybridized carbons (Fsp3) is 0.133. The van der Waals surface area contributed by atoms with Gasteiger partial charge in [0.25, 0.3) is 0 Å². The maximum absolute atomic E-state index is 5.98. The van der Waals surface area contributed by atoms with E-state index in [1.165, 1.54) is 0 Å². The summed E-state index contributed by atoms with van der Waals surface area (Å²) in [5.74, 6) is 6.87. The predicted molar refractivity (Wildman–Crippen MR) is 78.8 cm³/mol. The third kappa shape index (κ3) is 2.03. The van der Waals surface area contributed by atoms with Crippen molar-refractivity contribution in [3.63, 3.8) is 0 Å². The zero-order valence-electron chi connectivity index (χ0n) is 11.1. The van der Waals surface area contributed by atoms with Crippen molar-refractivity contribution in [2.75, 3.05) is 5.73 Å². The third-order valence-electron chi connectivity index (χ3n) is 3.42. The van der Waals surface area contributed by atoms with Gasteiger partial charge in [-0.3, -0.25) is 5.84 Å². The van der Waals surface area contributed by atoms with Crippen LogP contribution in [0.1, 0.15) is 22.9 Å². The van der Waals surface area contributed by atoms with Crippen LogP contribution in [0.25, 0.3) is 11.0 Å². The highest BCUT2D eigenvalue weighted by Gasteiger charge is 2.21. The minimum atomic E-state index is -0.323. The smallest absolute Gasteiger partial charge is 0.134 e. The fourth-order valence-corrected chi connectivity index (χ4v) is 2.42. The molecule has 102 valence electrons. The van der Waals surface area contributed by atoms with Gasteiger partial charge in [-0.25, -0.2) is 10.4 Å². The molecule has 3 aromatic rings. The lowest BCUT2D eigenvalue weighted by Gasteiger charge is -2.17. The average Bonchev–Trinajstić information content (AvgIpc) is 2.86. The number of nitrogens with two attached hydrogens (primary N) is 2. The number of pyridine rings is 1. The maximum atomic E-state index is 5.98. The number of furan rings is 1. The second kappa shape index (κ2) is 4.96. The molecule has 0 aliphatic heterocycles.